The van der Waals surface area contributed by atoms with E-state index in [1.54, 1.807) is 18.2 Å². The van der Waals surface area contributed by atoms with Gasteiger partial charge in [0, 0.05) is 24.5 Å². The highest BCUT2D eigenvalue weighted by Gasteiger charge is 2.26. The van der Waals surface area contributed by atoms with Gasteiger partial charge in [0.2, 0.25) is 5.91 Å². The van der Waals surface area contributed by atoms with Crippen molar-refractivity contribution < 1.29 is 24.2 Å². The second-order valence-corrected chi connectivity index (χ2v) is 4.98. The number of nitrogens with one attached hydrogen (secondary N) is 2. The normalized spacial score (nSPS) is 14.6. The van der Waals surface area contributed by atoms with Gasteiger partial charge >= 0.3 is 6.09 Å². The summed E-state index contributed by atoms with van der Waals surface area (Å²) in [5, 5.41) is 23.1. The highest BCUT2D eigenvalue weighted by Crippen LogP contribution is 2.31. The van der Waals surface area contributed by atoms with E-state index in [4.69, 9.17) is 5.11 Å². The third-order valence-corrected chi connectivity index (χ3v) is 3.35. The zero-order chi connectivity index (χ0) is 16.1. The number of fused-ring (bicyclic) bond motifs is 1. The average Bonchev–Trinajstić information content (AvgIpc) is 2.79. The van der Waals surface area contributed by atoms with Crippen LogP contribution in [0, 0.1) is 0 Å². The molecule has 1 aromatic rings. The van der Waals surface area contributed by atoms with Gasteiger partial charge in [-0.1, -0.05) is 0 Å². The van der Waals surface area contributed by atoms with Crippen LogP contribution in [-0.4, -0.2) is 54.6 Å². The molecular weight excluding hydrogens is 293 g/mol. The molecule has 1 aliphatic heterocycles. The standard InChI is InChI=1S/C14H18FN3O4/c15-3-4-18-12-2-1-10(5-9(12)6-13(18)20)16-7-11(19)8-17-14(21)22/h1-2,5,11,16-17,19H,3-4,6-8H2,(H,21,22). The van der Waals surface area contributed by atoms with Crippen molar-refractivity contribution in [3.05, 3.63) is 23.8 Å². The van der Waals surface area contributed by atoms with Gasteiger partial charge in [0.25, 0.3) is 0 Å². The smallest absolute Gasteiger partial charge is 0.404 e. The van der Waals surface area contributed by atoms with E-state index in [0.29, 0.717) is 11.4 Å². The molecule has 22 heavy (non-hydrogen) atoms. The van der Waals surface area contributed by atoms with Gasteiger partial charge < -0.3 is 25.7 Å². The van der Waals surface area contributed by atoms with Crippen LogP contribution in [0.4, 0.5) is 20.6 Å². The average molecular weight is 311 g/mol. The number of aliphatic hydroxyl groups excluding tert-OH is 1. The van der Waals surface area contributed by atoms with E-state index in [-0.39, 0.29) is 32.0 Å². The first-order valence-electron chi connectivity index (χ1n) is 6.89. The molecule has 7 nitrogen and oxygen atoms in total. The summed E-state index contributed by atoms with van der Waals surface area (Å²) >= 11 is 0. The molecule has 8 heteroatoms. The minimum absolute atomic E-state index is 0.0538. The number of anilines is 2. The summed E-state index contributed by atoms with van der Waals surface area (Å²) in [6.07, 6.45) is -1.83. The fourth-order valence-corrected chi connectivity index (χ4v) is 2.34. The summed E-state index contributed by atoms with van der Waals surface area (Å²) in [6.45, 7) is -0.441. The molecule has 0 spiro atoms. The van der Waals surface area contributed by atoms with E-state index in [1.165, 1.54) is 4.90 Å². The number of rotatable bonds is 7. The van der Waals surface area contributed by atoms with Crippen LogP contribution < -0.4 is 15.5 Å². The van der Waals surface area contributed by atoms with Gasteiger partial charge in [-0.05, 0) is 23.8 Å². The lowest BCUT2D eigenvalue weighted by Crippen LogP contribution is -2.34. The predicted molar refractivity (Wildman–Crippen MR) is 79.0 cm³/mol. The van der Waals surface area contributed by atoms with Gasteiger partial charge in [-0.2, -0.15) is 0 Å². The zero-order valence-corrected chi connectivity index (χ0v) is 11.9. The number of halogens is 1. The van der Waals surface area contributed by atoms with Crippen LogP contribution in [0.25, 0.3) is 0 Å². The summed E-state index contributed by atoms with van der Waals surface area (Å²) in [5.74, 6) is -0.129. The maximum absolute atomic E-state index is 12.4. The number of hydrogen-bond acceptors (Lipinski definition) is 4. The fourth-order valence-electron chi connectivity index (χ4n) is 2.34. The molecule has 0 aliphatic carbocycles. The van der Waals surface area contributed by atoms with E-state index in [1.807, 2.05) is 0 Å². The summed E-state index contributed by atoms with van der Waals surface area (Å²) < 4.78 is 12.4. The van der Waals surface area contributed by atoms with Crippen molar-refractivity contribution in [3.8, 4) is 0 Å². The number of aliphatic hydroxyl groups is 1. The van der Waals surface area contributed by atoms with E-state index in [2.05, 4.69) is 10.6 Å². The molecule has 1 heterocycles. The molecule has 1 aromatic carbocycles. The van der Waals surface area contributed by atoms with Gasteiger partial charge in [0.05, 0.1) is 19.1 Å². The lowest BCUT2D eigenvalue weighted by atomic mass is 10.1. The Morgan fingerprint density at radius 3 is 2.86 bits per heavy atom. The van der Waals surface area contributed by atoms with Crippen molar-refractivity contribution in [1.29, 1.82) is 0 Å². The van der Waals surface area contributed by atoms with Crippen LogP contribution in [0.5, 0.6) is 0 Å². The van der Waals surface area contributed by atoms with E-state index >= 15 is 0 Å². The summed E-state index contributed by atoms with van der Waals surface area (Å²) in [7, 11) is 0. The Bertz CT molecular complexity index is 567. The van der Waals surface area contributed by atoms with Crippen LogP contribution in [0.3, 0.4) is 0 Å². The quantitative estimate of drug-likeness (QED) is 0.590. The Hall–Kier alpha value is -2.35. The number of carbonyl (C=O) groups is 2. The number of alkyl halides is 1. The Morgan fingerprint density at radius 1 is 1.41 bits per heavy atom. The van der Waals surface area contributed by atoms with Crippen molar-refractivity contribution in [1.82, 2.24) is 5.32 Å². The molecule has 120 valence electrons. The summed E-state index contributed by atoms with van der Waals surface area (Å²) in [4.78, 5) is 23.5. The minimum Gasteiger partial charge on any atom is -0.465 e. The Labute approximate surface area is 126 Å². The molecule has 0 aromatic heterocycles. The number of amides is 2. The number of hydrogen-bond donors (Lipinski definition) is 4. The Morgan fingerprint density at radius 2 is 2.18 bits per heavy atom. The minimum atomic E-state index is -1.19. The molecule has 0 radical (unpaired) electrons. The van der Waals surface area contributed by atoms with Gasteiger partial charge in [-0.25, -0.2) is 9.18 Å². The molecule has 0 bridgehead atoms. The van der Waals surface area contributed by atoms with E-state index in [0.717, 1.165) is 5.56 Å². The molecule has 4 N–H and O–H groups in total. The molecule has 1 unspecified atom stereocenters. The lowest BCUT2D eigenvalue weighted by Gasteiger charge is -2.16. The second-order valence-electron chi connectivity index (χ2n) is 4.98. The van der Waals surface area contributed by atoms with Crippen LogP contribution in [0.15, 0.2) is 18.2 Å². The lowest BCUT2D eigenvalue weighted by molar-refractivity contribution is -0.117. The van der Waals surface area contributed by atoms with Gasteiger partial charge in [-0.3, -0.25) is 4.79 Å². The molecule has 0 saturated carbocycles. The number of carboxylic acid groups (broad SMARTS) is 1. The Kier molecular flexibility index (Phi) is 5.16. The molecular formula is C14H18FN3O4. The first kappa shape index (κ1) is 16.0. The largest absolute Gasteiger partial charge is 0.465 e. The van der Waals surface area contributed by atoms with E-state index < -0.39 is 18.9 Å². The molecule has 1 aliphatic rings. The van der Waals surface area contributed by atoms with Crippen molar-refractivity contribution in [2.75, 3.05) is 36.5 Å². The van der Waals surface area contributed by atoms with Crippen LogP contribution in [-0.2, 0) is 11.2 Å². The second kappa shape index (κ2) is 7.08. The fraction of sp³-hybridized carbons (Fsp3) is 0.429. The van der Waals surface area contributed by atoms with Gasteiger partial charge in [0.1, 0.15) is 6.67 Å². The molecule has 1 atom stereocenters. The third-order valence-electron chi connectivity index (χ3n) is 3.35. The highest BCUT2D eigenvalue weighted by molar-refractivity contribution is 6.01. The monoisotopic (exact) mass is 311 g/mol. The highest BCUT2D eigenvalue weighted by atomic mass is 19.1. The third kappa shape index (κ3) is 3.85. The molecule has 2 rings (SSSR count). The predicted octanol–water partition coefficient (Wildman–Crippen LogP) is 0.586. The van der Waals surface area contributed by atoms with E-state index in [9.17, 15) is 19.1 Å². The van der Waals surface area contributed by atoms with Gasteiger partial charge in [-0.15, -0.1) is 0 Å². The van der Waals surface area contributed by atoms with Crippen molar-refractivity contribution in [2.24, 2.45) is 0 Å². The molecule has 0 saturated heterocycles. The Balaban J connectivity index is 1.94. The number of nitrogens with zero attached hydrogens (tertiary/aromatic N) is 1. The van der Waals surface area contributed by atoms with Crippen molar-refractivity contribution in [3.63, 3.8) is 0 Å². The number of carbonyl (C=O) groups excluding carboxylic acids is 1. The van der Waals surface area contributed by atoms with Crippen LogP contribution in [0.2, 0.25) is 0 Å². The number of benzene rings is 1. The summed E-state index contributed by atoms with van der Waals surface area (Å²) in [6, 6.07) is 5.25. The maximum Gasteiger partial charge on any atom is 0.404 e. The molecule has 2 amide bonds. The van der Waals surface area contributed by atoms with Gasteiger partial charge in [0.15, 0.2) is 0 Å². The zero-order valence-electron chi connectivity index (χ0n) is 11.9. The molecule has 0 fully saturated rings. The maximum atomic E-state index is 12.4. The summed E-state index contributed by atoms with van der Waals surface area (Å²) in [5.41, 5.74) is 2.23. The van der Waals surface area contributed by atoms with Crippen molar-refractivity contribution in [2.45, 2.75) is 12.5 Å². The van der Waals surface area contributed by atoms with Crippen LogP contribution >= 0.6 is 0 Å². The topological polar surface area (TPSA) is 102 Å². The SMILES string of the molecule is O=C(O)NCC(O)CNc1ccc2c(c1)CC(=O)N2CCF. The van der Waals surface area contributed by atoms with Crippen molar-refractivity contribution >= 4 is 23.4 Å². The first-order valence-corrected chi connectivity index (χ1v) is 6.89. The first-order chi connectivity index (χ1) is 10.5. The van der Waals surface area contributed by atoms with Crippen LogP contribution in [0.1, 0.15) is 5.56 Å².